The molecule has 0 saturated heterocycles. The van der Waals surface area contributed by atoms with E-state index >= 15 is 0 Å². The number of carbonyl (C=O) groups is 1. The van der Waals surface area contributed by atoms with Crippen molar-refractivity contribution in [2.24, 2.45) is 0 Å². The van der Waals surface area contributed by atoms with Gasteiger partial charge < -0.3 is 10.1 Å². The lowest BCUT2D eigenvalue weighted by atomic mass is 10.2. The monoisotopic (exact) mass is 396 g/mol. The van der Waals surface area contributed by atoms with E-state index in [1.807, 2.05) is 18.2 Å². The lowest BCUT2D eigenvalue weighted by molar-refractivity contribution is -0.123. The van der Waals surface area contributed by atoms with E-state index in [4.69, 9.17) is 16.3 Å². The summed E-state index contributed by atoms with van der Waals surface area (Å²) in [5.41, 5.74) is 0.818. The van der Waals surface area contributed by atoms with E-state index in [9.17, 15) is 13.2 Å². The number of nitrogens with zero attached hydrogens (tertiary/aromatic N) is 1. The van der Waals surface area contributed by atoms with Crippen molar-refractivity contribution >= 4 is 27.5 Å². The fourth-order valence-electron chi connectivity index (χ4n) is 2.19. The Morgan fingerprint density at radius 3 is 2.38 bits per heavy atom. The Bertz CT molecular complexity index is 811. The summed E-state index contributed by atoms with van der Waals surface area (Å²) in [4.78, 5) is 11.8. The predicted octanol–water partition coefficient (Wildman–Crippen LogP) is 2.30. The summed E-state index contributed by atoms with van der Waals surface area (Å²) in [6.07, 6.45) is 1.14. The van der Waals surface area contributed by atoms with Crippen LogP contribution < -0.4 is 10.1 Å². The molecule has 0 aromatic heterocycles. The molecule has 0 fully saturated rings. The topological polar surface area (TPSA) is 75.7 Å². The van der Waals surface area contributed by atoms with Gasteiger partial charge in [0.25, 0.3) is 5.91 Å². The molecule has 0 spiro atoms. The van der Waals surface area contributed by atoms with Gasteiger partial charge in [0.05, 0.1) is 6.26 Å². The fraction of sp³-hybridized carbons (Fsp3) is 0.278. The third-order valence-corrected chi connectivity index (χ3v) is 5.04. The highest BCUT2D eigenvalue weighted by atomic mass is 35.5. The maximum atomic E-state index is 12.0. The molecule has 2 aromatic carbocycles. The van der Waals surface area contributed by atoms with Crippen molar-refractivity contribution in [2.45, 2.75) is 6.54 Å². The number of hydrogen-bond donors (Lipinski definition) is 1. The third kappa shape index (κ3) is 7.03. The summed E-state index contributed by atoms with van der Waals surface area (Å²) in [7, 11) is -3.41. The minimum absolute atomic E-state index is 0.125. The standard InChI is InChI=1S/C18H21ClN2O4S/c1-26(23,24)21(13-15-7-9-16(19)10-8-15)12-11-20-18(22)14-25-17-5-3-2-4-6-17/h2-10H,11-14H2,1H3,(H,20,22). The van der Waals surface area contributed by atoms with Gasteiger partial charge in [-0.15, -0.1) is 0 Å². The van der Waals surface area contributed by atoms with E-state index in [-0.39, 0.29) is 32.1 Å². The third-order valence-electron chi connectivity index (χ3n) is 3.54. The highest BCUT2D eigenvalue weighted by Gasteiger charge is 2.17. The zero-order chi connectivity index (χ0) is 19.0. The molecule has 0 aliphatic carbocycles. The predicted molar refractivity (Wildman–Crippen MR) is 102 cm³/mol. The van der Waals surface area contributed by atoms with Crippen molar-refractivity contribution < 1.29 is 17.9 Å². The lowest BCUT2D eigenvalue weighted by Gasteiger charge is -2.20. The second kappa shape index (κ2) is 9.56. The van der Waals surface area contributed by atoms with E-state index in [0.29, 0.717) is 10.8 Å². The number of sulfonamides is 1. The number of benzene rings is 2. The van der Waals surface area contributed by atoms with Crippen LogP contribution in [0.5, 0.6) is 5.75 Å². The molecule has 0 aliphatic rings. The summed E-state index contributed by atoms with van der Waals surface area (Å²) in [5, 5.41) is 3.25. The summed E-state index contributed by atoms with van der Waals surface area (Å²) >= 11 is 5.84. The van der Waals surface area contributed by atoms with Crippen LogP contribution in [0.4, 0.5) is 0 Å². The maximum Gasteiger partial charge on any atom is 0.257 e. The van der Waals surface area contributed by atoms with E-state index in [1.54, 1.807) is 36.4 Å². The number of ether oxygens (including phenoxy) is 1. The average Bonchev–Trinajstić information content (AvgIpc) is 2.61. The van der Waals surface area contributed by atoms with Crippen molar-refractivity contribution in [1.82, 2.24) is 9.62 Å². The van der Waals surface area contributed by atoms with Gasteiger partial charge in [0.2, 0.25) is 10.0 Å². The molecule has 26 heavy (non-hydrogen) atoms. The van der Waals surface area contributed by atoms with Crippen LogP contribution >= 0.6 is 11.6 Å². The highest BCUT2D eigenvalue weighted by Crippen LogP contribution is 2.13. The van der Waals surface area contributed by atoms with Gasteiger partial charge >= 0.3 is 0 Å². The molecule has 1 N–H and O–H groups in total. The summed E-state index contributed by atoms with van der Waals surface area (Å²) in [6, 6.07) is 15.9. The molecule has 8 heteroatoms. The van der Waals surface area contributed by atoms with Gasteiger partial charge in [-0.3, -0.25) is 4.79 Å². The van der Waals surface area contributed by atoms with Crippen LogP contribution in [0.3, 0.4) is 0 Å². The Morgan fingerprint density at radius 2 is 1.77 bits per heavy atom. The number of hydrogen-bond acceptors (Lipinski definition) is 4. The highest BCUT2D eigenvalue weighted by molar-refractivity contribution is 7.88. The van der Waals surface area contributed by atoms with Crippen molar-refractivity contribution in [3.05, 3.63) is 65.2 Å². The van der Waals surface area contributed by atoms with Gasteiger partial charge in [0, 0.05) is 24.7 Å². The molecular weight excluding hydrogens is 376 g/mol. The van der Waals surface area contributed by atoms with Crippen LogP contribution in [0, 0.1) is 0 Å². The Balaban J connectivity index is 1.81. The van der Waals surface area contributed by atoms with E-state index in [0.717, 1.165) is 11.8 Å². The molecule has 2 aromatic rings. The first kappa shape index (κ1) is 20.2. The number of para-hydroxylation sites is 1. The minimum Gasteiger partial charge on any atom is -0.484 e. The zero-order valence-electron chi connectivity index (χ0n) is 14.4. The van der Waals surface area contributed by atoms with Gasteiger partial charge in [-0.1, -0.05) is 41.9 Å². The first-order valence-electron chi connectivity index (χ1n) is 7.99. The molecule has 0 aliphatic heterocycles. The average molecular weight is 397 g/mol. The Kier molecular flexibility index (Phi) is 7.44. The van der Waals surface area contributed by atoms with Crippen molar-refractivity contribution in [3.63, 3.8) is 0 Å². The van der Waals surface area contributed by atoms with Crippen molar-refractivity contribution in [2.75, 3.05) is 26.0 Å². The van der Waals surface area contributed by atoms with E-state index in [1.165, 1.54) is 4.31 Å². The smallest absolute Gasteiger partial charge is 0.257 e. The Hall–Kier alpha value is -2.09. The van der Waals surface area contributed by atoms with Gasteiger partial charge in [0.1, 0.15) is 5.75 Å². The fourth-order valence-corrected chi connectivity index (χ4v) is 3.12. The quantitative estimate of drug-likeness (QED) is 0.705. The molecule has 6 nitrogen and oxygen atoms in total. The number of halogens is 1. The SMILES string of the molecule is CS(=O)(=O)N(CCNC(=O)COc1ccccc1)Cc1ccc(Cl)cc1. The first-order valence-corrected chi connectivity index (χ1v) is 10.2. The van der Waals surface area contributed by atoms with Gasteiger partial charge in [-0.05, 0) is 29.8 Å². The number of amides is 1. The molecule has 0 unspecified atom stereocenters. The van der Waals surface area contributed by atoms with Crippen molar-refractivity contribution in [3.8, 4) is 5.75 Å². The molecular formula is C18H21ClN2O4S. The molecule has 1 amide bonds. The summed E-state index contributed by atoms with van der Waals surface area (Å²) in [5.74, 6) is 0.289. The van der Waals surface area contributed by atoms with E-state index in [2.05, 4.69) is 5.32 Å². The molecule has 0 bridgehead atoms. The Morgan fingerprint density at radius 1 is 1.12 bits per heavy atom. The second-order valence-electron chi connectivity index (χ2n) is 5.67. The number of nitrogens with one attached hydrogen (secondary N) is 1. The van der Waals surface area contributed by atoms with Gasteiger partial charge in [0.15, 0.2) is 6.61 Å². The molecule has 0 heterocycles. The van der Waals surface area contributed by atoms with Crippen LogP contribution in [0.15, 0.2) is 54.6 Å². The number of rotatable bonds is 9. The molecule has 2 rings (SSSR count). The minimum atomic E-state index is -3.41. The van der Waals surface area contributed by atoms with Crippen LogP contribution in [0.2, 0.25) is 5.02 Å². The van der Waals surface area contributed by atoms with Gasteiger partial charge in [-0.25, -0.2) is 8.42 Å². The maximum absolute atomic E-state index is 12.0. The van der Waals surface area contributed by atoms with Crippen molar-refractivity contribution in [1.29, 1.82) is 0 Å². The second-order valence-corrected chi connectivity index (χ2v) is 8.09. The van der Waals surface area contributed by atoms with Crippen LogP contribution in [0.25, 0.3) is 0 Å². The normalized spacial score (nSPS) is 11.3. The Labute approximate surface area is 158 Å². The van der Waals surface area contributed by atoms with Crippen LogP contribution in [-0.2, 0) is 21.4 Å². The summed E-state index contributed by atoms with van der Waals surface area (Å²) in [6.45, 7) is 0.447. The van der Waals surface area contributed by atoms with Gasteiger partial charge in [-0.2, -0.15) is 4.31 Å². The summed E-state index contributed by atoms with van der Waals surface area (Å²) < 4.78 is 30.5. The molecule has 0 saturated carbocycles. The number of carbonyl (C=O) groups excluding carboxylic acids is 1. The van der Waals surface area contributed by atoms with E-state index < -0.39 is 10.0 Å². The molecule has 0 atom stereocenters. The lowest BCUT2D eigenvalue weighted by Crippen LogP contribution is -2.39. The largest absolute Gasteiger partial charge is 0.484 e. The molecule has 140 valence electrons. The van der Waals surface area contributed by atoms with Crippen LogP contribution in [0.1, 0.15) is 5.56 Å². The zero-order valence-corrected chi connectivity index (χ0v) is 16.0. The molecule has 0 radical (unpaired) electrons. The van der Waals surface area contributed by atoms with Crippen LogP contribution in [-0.4, -0.2) is 44.6 Å². The first-order chi connectivity index (χ1) is 12.3.